The van der Waals surface area contributed by atoms with Crippen LogP contribution >= 0.6 is 23.1 Å². The van der Waals surface area contributed by atoms with Gasteiger partial charge in [-0.1, -0.05) is 29.5 Å². The summed E-state index contributed by atoms with van der Waals surface area (Å²) in [6.45, 7) is 4.10. The van der Waals surface area contributed by atoms with E-state index in [2.05, 4.69) is 15.2 Å². The Balaban J connectivity index is 1.64. The minimum Gasteiger partial charge on any atom is -0.461 e. The quantitative estimate of drug-likeness (QED) is 0.279. The molecule has 4 aromatic rings. The van der Waals surface area contributed by atoms with Crippen LogP contribution in [0, 0.1) is 12.7 Å². The molecule has 0 saturated carbocycles. The number of hydrogen-bond acceptors (Lipinski definition) is 7. The van der Waals surface area contributed by atoms with Gasteiger partial charge in [0.05, 0.1) is 12.4 Å². The highest BCUT2D eigenvalue weighted by molar-refractivity contribution is 7.98. The minimum absolute atomic E-state index is 0.305. The Morgan fingerprint density at radius 2 is 1.87 bits per heavy atom. The average Bonchev–Trinajstić information content (AvgIpc) is 3.41. The lowest BCUT2D eigenvalue weighted by molar-refractivity contribution is 0.0520. The molecule has 0 atom stereocenters. The second-order valence-corrected chi connectivity index (χ2v) is 8.50. The summed E-state index contributed by atoms with van der Waals surface area (Å²) in [6, 6.07) is 14.2. The fraction of sp³-hybridized carbons (Fsp3) is 0.182. The molecule has 0 N–H and O–H groups in total. The number of ether oxygens (including phenoxy) is 1. The molecule has 0 aliphatic carbocycles. The minimum atomic E-state index is -0.420. The van der Waals surface area contributed by atoms with Crippen LogP contribution in [-0.4, -0.2) is 32.3 Å². The first-order valence-corrected chi connectivity index (χ1v) is 11.4. The normalized spacial score (nSPS) is 10.9. The first-order valence-electron chi connectivity index (χ1n) is 9.58. The lowest BCUT2D eigenvalue weighted by Gasteiger charge is -2.10. The van der Waals surface area contributed by atoms with Gasteiger partial charge in [0.15, 0.2) is 16.7 Å². The summed E-state index contributed by atoms with van der Waals surface area (Å²) in [7, 11) is 0. The largest absolute Gasteiger partial charge is 0.461 e. The molecule has 2 aromatic heterocycles. The molecule has 6 nitrogen and oxygen atoms in total. The van der Waals surface area contributed by atoms with Gasteiger partial charge in [0, 0.05) is 16.6 Å². The second kappa shape index (κ2) is 9.40. The number of benzene rings is 2. The maximum Gasteiger partial charge on any atom is 0.357 e. The summed E-state index contributed by atoms with van der Waals surface area (Å²) < 4.78 is 20.3. The maximum atomic E-state index is 13.4. The number of carbonyl (C=O) groups excluding carboxylic acids is 1. The summed E-state index contributed by atoms with van der Waals surface area (Å²) >= 11 is 2.87. The van der Waals surface area contributed by atoms with Crippen molar-refractivity contribution < 1.29 is 13.9 Å². The number of thiazole rings is 1. The lowest BCUT2D eigenvalue weighted by Crippen LogP contribution is -2.05. The van der Waals surface area contributed by atoms with E-state index in [1.165, 1.54) is 35.2 Å². The smallest absolute Gasteiger partial charge is 0.357 e. The van der Waals surface area contributed by atoms with Crippen molar-refractivity contribution in [2.24, 2.45) is 0 Å². The van der Waals surface area contributed by atoms with E-state index in [1.807, 2.05) is 35.8 Å². The molecule has 0 bridgehead atoms. The molecule has 2 heterocycles. The zero-order valence-corrected chi connectivity index (χ0v) is 18.5. The van der Waals surface area contributed by atoms with E-state index in [4.69, 9.17) is 4.74 Å². The van der Waals surface area contributed by atoms with Gasteiger partial charge in [-0.3, -0.25) is 4.57 Å². The van der Waals surface area contributed by atoms with Crippen LogP contribution in [-0.2, 0) is 10.5 Å². The molecule has 2 aromatic carbocycles. The molecule has 0 radical (unpaired) electrons. The molecule has 0 spiro atoms. The van der Waals surface area contributed by atoms with Crippen molar-refractivity contribution in [3.63, 3.8) is 0 Å². The van der Waals surface area contributed by atoms with E-state index in [1.54, 1.807) is 24.4 Å². The molecule has 158 valence electrons. The maximum absolute atomic E-state index is 13.4. The fourth-order valence-corrected chi connectivity index (χ4v) is 4.61. The van der Waals surface area contributed by atoms with Gasteiger partial charge in [-0.25, -0.2) is 14.2 Å². The summed E-state index contributed by atoms with van der Waals surface area (Å²) in [5, 5.41) is 11.9. The summed E-state index contributed by atoms with van der Waals surface area (Å²) in [4.78, 5) is 16.2. The Kier molecular flexibility index (Phi) is 6.43. The number of aromatic nitrogens is 4. The third-order valence-electron chi connectivity index (χ3n) is 4.39. The molecule has 0 amide bonds. The van der Waals surface area contributed by atoms with Crippen molar-refractivity contribution in [1.29, 1.82) is 0 Å². The Hall–Kier alpha value is -3.04. The second-order valence-electron chi connectivity index (χ2n) is 6.62. The van der Waals surface area contributed by atoms with E-state index in [0.717, 1.165) is 21.8 Å². The van der Waals surface area contributed by atoms with Crippen molar-refractivity contribution in [3.8, 4) is 17.1 Å². The number of nitrogens with zero attached hydrogens (tertiary/aromatic N) is 4. The van der Waals surface area contributed by atoms with Crippen LogP contribution in [0.2, 0.25) is 0 Å². The average molecular weight is 455 g/mol. The van der Waals surface area contributed by atoms with E-state index >= 15 is 0 Å². The van der Waals surface area contributed by atoms with Gasteiger partial charge in [0.1, 0.15) is 10.8 Å². The van der Waals surface area contributed by atoms with E-state index < -0.39 is 5.97 Å². The zero-order valence-electron chi connectivity index (χ0n) is 16.9. The molecular formula is C22H19FN4O2S2. The SMILES string of the molecule is CCOC(=O)c1csc(CSc2nnc(-c3ccc(F)cc3)n2-c2ccc(C)cc2)n1. The molecule has 4 rings (SSSR count). The van der Waals surface area contributed by atoms with Crippen molar-refractivity contribution in [1.82, 2.24) is 19.7 Å². The molecule has 31 heavy (non-hydrogen) atoms. The van der Waals surface area contributed by atoms with Crippen molar-refractivity contribution in [3.05, 3.63) is 76.0 Å². The monoisotopic (exact) mass is 454 g/mol. The first kappa shape index (κ1) is 21.2. The highest BCUT2D eigenvalue weighted by atomic mass is 32.2. The van der Waals surface area contributed by atoms with Gasteiger partial charge in [0.25, 0.3) is 0 Å². The standard InChI is InChI=1S/C22H19FN4O2S2/c1-3-29-21(28)18-12-30-19(24-18)13-31-22-26-25-20(15-6-8-16(23)9-7-15)27(22)17-10-4-14(2)5-11-17/h4-12H,3,13H2,1-2H3. The summed E-state index contributed by atoms with van der Waals surface area (Å²) in [6.07, 6.45) is 0. The van der Waals surface area contributed by atoms with Crippen molar-refractivity contribution in [2.75, 3.05) is 6.61 Å². The van der Waals surface area contributed by atoms with Crippen LogP contribution in [0.15, 0.2) is 59.1 Å². The Morgan fingerprint density at radius 3 is 2.58 bits per heavy atom. The third-order valence-corrected chi connectivity index (χ3v) is 6.36. The number of aryl methyl sites for hydroxylation is 1. The molecule has 0 unspecified atom stereocenters. The highest BCUT2D eigenvalue weighted by Crippen LogP contribution is 2.30. The van der Waals surface area contributed by atoms with Gasteiger partial charge in [0.2, 0.25) is 0 Å². The van der Waals surface area contributed by atoms with Gasteiger partial charge in [-0.2, -0.15) is 0 Å². The van der Waals surface area contributed by atoms with Crippen molar-refractivity contribution in [2.45, 2.75) is 24.8 Å². The van der Waals surface area contributed by atoms with Gasteiger partial charge < -0.3 is 4.74 Å². The van der Waals surface area contributed by atoms with E-state index in [-0.39, 0.29) is 5.82 Å². The van der Waals surface area contributed by atoms with Crippen molar-refractivity contribution >= 4 is 29.1 Å². The Bertz CT molecular complexity index is 1190. The molecule has 0 fully saturated rings. The molecule has 9 heteroatoms. The number of hydrogen-bond donors (Lipinski definition) is 0. The van der Waals surface area contributed by atoms with Crippen LogP contribution in [0.5, 0.6) is 0 Å². The van der Waals surface area contributed by atoms with Crippen LogP contribution in [0.3, 0.4) is 0 Å². The third kappa shape index (κ3) is 4.83. The van der Waals surface area contributed by atoms with Gasteiger partial charge in [-0.05, 0) is 50.2 Å². The lowest BCUT2D eigenvalue weighted by atomic mass is 10.2. The Morgan fingerprint density at radius 1 is 1.13 bits per heavy atom. The summed E-state index contributed by atoms with van der Waals surface area (Å²) in [5.41, 5.74) is 3.13. The van der Waals surface area contributed by atoms with E-state index in [0.29, 0.717) is 29.0 Å². The van der Waals surface area contributed by atoms with Gasteiger partial charge in [-0.15, -0.1) is 21.5 Å². The first-order chi connectivity index (χ1) is 15.0. The Labute approximate surface area is 187 Å². The van der Waals surface area contributed by atoms with Crippen LogP contribution in [0.1, 0.15) is 28.0 Å². The predicted molar refractivity (Wildman–Crippen MR) is 119 cm³/mol. The van der Waals surface area contributed by atoms with Gasteiger partial charge >= 0.3 is 5.97 Å². The number of carbonyl (C=O) groups is 1. The molecule has 0 aliphatic rings. The number of halogens is 1. The van der Waals surface area contributed by atoms with Crippen LogP contribution in [0.25, 0.3) is 17.1 Å². The fourth-order valence-electron chi connectivity index (χ4n) is 2.88. The summed E-state index contributed by atoms with van der Waals surface area (Å²) in [5.74, 6) is 0.423. The number of thioether (sulfide) groups is 1. The molecular weight excluding hydrogens is 435 g/mol. The number of rotatable bonds is 7. The number of esters is 1. The van der Waals surface area contributed by atoms with Crippen LogP contribution in [0.4, 0.5) is 4.39 Å². The van der Waals surface area contributed by atoms with Crippen LogP contribution < -0.4 is 0 Å². The predicted octanol–water partition coefficient (Wildman–Crippen LogP) is 5.31. The molecule has 0 aliphatic heterocycles. The molecule has 0 saturated heterocycles. The topological polar surface area (TPSA) is 69.9 Å². The highest BCUT2D eigenvalue weighted by Gasteiger charge is 2.18. The van der Waals surface area contributed by atoms with E-state index in [9.17, 15) is 9.18 Å². The zero-order chi connectivity index (χ0) is 21.8.